The summed E-state index contributed by atoms with van der Waals surface area (Å²) >= 11 is 1.74. The summed E-state index contributed by atoms with van der Waals surface area (Å²) in [7, 11) is 0. The molecule has 3 aromatic rings. The van der Waals surface area contributed by atoms with Crippen LogP contribution >= 0.6 is 11.3 Å². The average Bonchev–Trinajstić information content (AvgIpc) is 3.43. The highest BCUT2D eigenvalue weighted by Gasteiger charge is 2.22. The van der Waals surface area contributed by atoms with Crippen LogP contribution in [0.2, 0.25) is 0 Å². The molecule has 1 saturated heterocycles. The number of carbonyl (C=O) groups excluding carboxylic acids is 1. The maximum atomic E-state index is 12.6. The molecule has 1 amide bonds. The highest BCUT2D eigenvalue weighted by atomic mass is 32.1. The summed E-state index contributed by atoms with van der Waals surface area (Å²) in [5.74, 6) is 0.0517. The minimum absolute atomic E-state index is 0.0517. The summed E-state index contributed by atoms with van der Waals surface area (Å²) in [6.07, 6.45) is 7.19. The average molecular weight is 436 g/mol. The maximum absolute atomic E-state index is 12.6. The van der Waals surface area contributed by atoms with Gasteiger partial charge >= 0.3 is 0 Å². The van der Waals surface area contributed by atoms with Gasteiger partial charge in [-0.15, -0.1) is 11.3 Å². The number of rotatable bonds is 5. The van der Waals surface area contributed by atoms with Gasteiger partial charge < -0.3 is 4.90 Å². The normalized spacial score (nSPS) is 15.6. The van der Waals surface area contributed by atoms with Crippen molar-refractivity contribution in [3.8, 4) is 5.69 Å². The van der Waals surface area contributed by atoms with Crippen LogP contribution in [0.3, 0.4) is 0 Å². The van der Waals surface area contributed by atoms with Gasteiger partial charge in [-0.05, 0) is 18.2 Å². The molecular formula is C24H29N5OS. The SMILES string of the molecule is CC(C)(C)c1nc(CN2CCN(C(=O)C=Cc3cnn(-c4ccccc4)c3)CC2)cs1. The second-order valence-corrected chi connectivity index (χ2v) is 9.74. The Morgan fingerprint density at radius 2 is 1.87 bits per heavy atom. The first-order valence-electron chi connectivity index (χ1n) is 10.6. The van der Waals surface area contributed by atoms with Crippen molar-refractivity contribution in [2.75, 3.05) is 26.2 Å². The molecule has 1 aliphatic rings. The van der Waals surface area contributed by atoms with Gasteiger partial charge in [0.05, 0.1) is 22.6 Å². The third-order valence-corrected chi connectivity index (χ3v) is 6.62. The number of benzene rings is 1. The Morgan fingerprint density at radius 3 is 2.55 bits per heavy atom. The molecule has 162 valence electrons. The lowest BCUT2D eigenvalue weighted by molar-refractivity contribution is -0.127. The second-order valence-electron chi connectivity index (χ2n) is 8.88. The monoisotopic (exact) mass is 435 g/mol. The van der Waals surface area contributed by atoms with E-state index < -0.39 is 0 Å². The Hall–Kier alpha value is -2.77. The quantitative estimate of drug-likeness (QED) is 0.569. The van der Waals surface area contributed by atoms with Gasteiger partial charge in [0, 0.05) is 61.4 Å². The van der Waals surface area contributed by atoms with E-state index >= 15 is 0 Å². The molecule has 1 aliphatic heterocycles. The van der Waals surface area contributed by atoms with Gasteiger partial charge in [0.1, 0.15) is 0 Å². The first kappa shape index (κ1) is 21.5. The molecule has 0 spiro atoms. The fourth-order valence-corrected chi connectivity index (χ4v) is 4.40. The highest BCUT2D eigenvalue weighted by molar-refractivity contribution is 7.09. The molecule has 1 fully saturated rings. The molecule has 3 heterocycles. The zero-order chi connectivity index (χ0) is 21.8. The maximum Gasteiger partial charge on any atom is 0.246 e. The predicted octanol–water partition coefficient (Wildman–Crippen LogP) is 3.98. The van der Waals surface area contributed by atoms with E-state index in [4.69, 9.17) is 4.98 Å². The van der Waals surface area contributed by atoms with E-state index in [2.05, 4.69) is 36.1 Å². The van der Waals surface area contributed by atoms with Crippen molar-refractivity contribution >= 4 is 23.3 Å². The van der Waals surface area contributed by atoms with Crippen molar-refractivity contribution in [3.63, 3.8) is 0 Å². The number of aromatic nitrogens is 3. The highest BCUT2D eigenvalue weighted by Crippen LogP contribution is 2.26. The van der Waals surface area contributed by atoms with Gasteiger partial charge in [0.25, 0.3) is 0 Å². The molecule has 2 aromatic heterocycles. The Bertz CT molecular complexity index is 1040. The van der Waals surface area contributed by atoms with Gasteiger partial charge in [-0.1, -0.05) is 39.0 Å². The Morgan fingerprint density at radius 1 is 1.13 bits per heavy atom. The minimum atomic E-state index is 0.0517. The van der Waals surface area contributed by atoms with Crippen LogP contribution < -0.4 is 0 Å². The molecule has 4 rings (SSSR count). The molecular weight excluding hydrogens is 406 g/mol. The van der Waals surface area contributed by atoms with E-state index in [0.717, 1.165) is 49.7 Å². The predicted molar refractivity (Wildman–Crippen MR) is 125 cm³/mol. The van der Waals surface area contributed by atoms with Gasteiger partial charge in [0.15, 0.2) is 0 Å². The van der Waals surface area contributed by atoms with Crippen molar-refractivity contribution in [1.82, 2.24) is 24.6 Å². The molecule has 31 heavy (non-hydrogen) atoms. The zero-order valence-electron chi connectivity index (χ0n) is 18.4. The molecule has 7 heteroatoms. The summed E-state index contributed by atoms with van der Waals surface area (Å²) in [6.45, 7) is 10.6. The van der Waals surface area contributed by atoms with E-state index in [1.54, 1.807) is 23.6 Å². The Kier molecular flexibility index (Phi) is 6.34. The second kappa shape index (κ2) is 9.16. The van der Waals surface area contributed by atoms with Gasteiger partial charge in [0.2, 0.25) is 5.91 Å². The van der Waals surface area contributed by atoms with Crippen molar-refractivity contribution in [1.29, 1.82) is 0 Å². The Labute approximate surface area is 187 Å². The standard InChI is InChI=1S/C24H29N5OS/c1-24(2,3)23-26-20(18-31-23)17-27-11-13-28(14-12-27)22(30)10-9-19-15-25-29(16-19)21-7-5-4-6-8-21/h4-10,15-16,18H,11-14,17H2,1-3H3. The molecule has 0 bridgehead atoms. The number of thiazole rings is 1. The summed E-state index contributed by atoms with van der Waals surface area (Å²) in [6, 6.07) is 9.94. The molecule has 0 saturated carbocycles. The number of para-hydroxylation sites is 1. The van der Waals surface area contributed by atoms with Gasteiger partial charge in [-0.25, -0.2) is 9.67 Å². The molecule has 0 radical (unpaired) electrons. The zero-order valence-corrected chi connectivity index (χ0v) is 19.2. The summed E-state index contributed by atoms with van der Waals surface area (Å²) < 4.78 is 1.81. The van der Waals surface area contributed by atoms with Gasteiger partial charge in [-0.2, -0.15) is 5.10 Å². The van der Waals surface area contributed by atoms with E-state index in [-0.39, 0.29) is 11.3 Å². The van der Waals surface area contributed by atoms with Crippen molar-refractivity contribution in [2.45, 2.75) is 32.7 Å². The van der Waals surface area contributed by atoms with Crippen LogP contribution in [-0.2, 0) is 16.8 Å². The third-order valence-electron chi connectivity index (χ3n) is 5.30. The third kappa shape index (κ3) is 5.48. The van der Waals surface area contributed by atoms with E-state index in [9.17, 15) is 4.79 Å². The van der Waals surface area contributed by atoms with Crippen molar-refractivity contribution in [3.05, 3.63) is 70.4 Å². The Balaban J connectivity index is 1.27. The molecule has 0 atom stereocenters. The lowest BCUT2D eigenvalue weighted by atomic mass is 9.98. The fraction of sp³-hybridized carbons (Fsp3) is 0.375. The van der Waals surface area contributed by atoms with Crippen LogP contribution in [0.25, 0.3) is 11.8 Å². The van der Waals surface area contributed by atoms with E-state index in [1.165, 1.54) is 5.01 Å². The first-order valence-corrected chi connectivity index (χ1v) is 11.5. The summed E-state index contributed by atoms with van der Waals surface area (Å²) in [4.78, 5) is 21.7. The summed E-state index contributed by atoms with van der Waals surface area (Å²) in [5.41, 5.74) is 3.14. The first-order chi connectivity index (χ1) is 14.9. The largest absolute Gasteiger partial charge is 0.337 e. The topological polar surface area (TPSA) is 54.3 Å². The van der Waals surface area contributed by atoms with Crippen molar-refractivity contribution < 1.29 is 4.79 Å². The van der Waals surface area contributed by atoms with Crippen LogP contribution in [0.5, 0.6) is 0 Å². The smallest absolute Gasteiger partial charge is 0.246 e. The lowest BCUT2D eigenvalue weighted by Gasteiger charge is -2.33. The van der Waals surface area contributed by atoms with Crippen LogP contribution in [0.1, 0.15) is 37.0 Å². The molecule has 0 aliphatic carbocycles. The number of carbonyl (C=O) groups is 1. The number of amides is 1. The van der Waals surface area contributed by atoms with Crippen LogP contribution in [0.4, 0.5) is 0 Å². The fourth-order valence-electron chi connectivity index (χ4n) is 3.50. The number of piperazine rings is 1. The van der Waals surface area contributed by atoms with Crippen LogP contribution in [-0.4, -0.2) is 56.7 Å². The van der Waals surface area contributed by atoms with E-state index in [0.29, 0.717) is 0 Å². The number of hydrogen-bond acceptors (Lipinski definition) is 5. The molecule has 1 aromatic carbocycles. The molecule has 0 N–H and O–H groups in total. The minimum Gasteiger partial charge on any atom is -0.337 e. The lowest BCUT2D eigenvalue weighted by Crippen LogP contribution is -2.47. The van der Waals surface area contributed by atoms with Gasteiger partial charge in [-0.3, -0.25) is 9.69 Å². The van der Waals surface area contributed by atoms with E-state index in [1.807, 2.05) is 52.2 Å². The van der Waals surface area contributed by atoms with Crippen molar-refractivity contribution in [2.24, 2.45) is 0 Å². The van der Waals surface area contributed by atoms with Crippen LogP contribution in [0.15, 0.2) is 54.2 Å². The summed E-state index contributed by atoms with van der Waals surface area (Å²) in [5, 5.41) is 7.71. The number of nitrogens with zero attached hydrogens (tertiary/aromatic N) is 5. The number of hydrogen-bond donors (Lipinski definition) is 0. The van der Waals surface area contributed by atoms with Crippen LogP contribution in [0, 0.1) is 0 Å². The molecule has 6 nitrogen and oxygen atoms in total. The molecule has 0 unspecified atom stereocenters.